The van der Waals surface area contributed by atoms with Crippen LogP contribution in [0.3, 0.4) is 0 Å². The molecule has 2 aromatic carbocycles. The molecule has 154 valence electrons. The Labute approximate surface area is 186 Å². The number of thiophene rings is 1. The van der Waals surface area contributed by atoms with Crippen LogP contribution < -0.4 is 11.4 Å². The molecule has 31 heavy (non-hydrogen) atoms. The quantitative estimate of drug-likeness (QED) is 0.309. The summed E-state index contributed by atoms with van der Waals surface area (Å²) < 4.78 is 1.46. The first-order chi connectivity index (χ1) is 15.1. The smallest absolute Gasteiger partial charge is 0.260 e. The van der Waals surface area contributed by atoms with Crippen molar-refractivity contribution >= 4 is 33.3 Å². The molecule has 5 rings (SSSR count). The van der Waals surface area contributed by atoms with E-state index >= 15 is 0 Å². The molecule has 9 heteroatoms. The molecular formula is C22H18N6OS2. The van der Waals surface area contributed by atoms with E-state index in [4.69, 9.17) is 5.84 Å². The normalized spacial score (nSPS) is 11.3. The van der Waals surface area contributed by atoms with Gasteiger partial charge in [-0.3, -0.25) is 4.79 Å². The van der Waals surface area contributed by atoms with Crippen molar-refractivity contribution in [3.8, 4) is 22.5 Å². The van der Waals surface area contributed by atoms with Gasteiger partial charge in [-0.15, -0.1) is 21.5 Å². The highest BCUT2D eigenvalue weighted by Crippen LogP contribution is 2.31. The van der Waals surface area contributed by atoms with Gasteiger partial charge in [0.2, 0.25) is 5.16 Å². The van der Waals surface area contributed by atoms with Gasteiger partial charge in [-0.05, 0) is 12.5 Å². The lowest BCUT2D eigenvalue weighted by molar-refractivity contribution is 0.848. The first-order valence-corrected chi connectivity index (χ1v) is 11.4. The molecule has 7 nitrogen and oxygen atoms in total. The van der Waals surface area contributed by atoms with Gasteiger partial charge in [-0.2, -0.15) is 0 Å². The Kier molecular flexibility index (Phi) is 5.05. The summed E-state index contributed by atoms with van der Waals surface area (Å²) in [7, 11) is 0. The van der Waals surface area contributed by atoms with Crippen molar-refractivity contribution in [2.45, 2.75) is 17.8 Å². The molecule has 0 aliphatic heterocycles. The highest BCUT2D eigenvalue weighted by molar-refractivity contribution is 7.98. The molecule has 0 fully saturated rings. The Morgan fingerprint density at radius 2 is 1.84 bits per heavy atom. The zero-order chi connectivity index (χ0) is 21.4. The highest BCUT2D eigenvalue weighted by Gasteiger charge is 2.15. The molecule has 0 aliphatic carbocycles. The molecule has 0 saturated carbocycles. The second-order valence-electron chi connectivity index (χ2n) is 7.04. The van der Waals surface area contributed by atoms with Gasteiger partial charge in [-0.1, -0.05) is 71.9 Å². The van der Waals surface area contributed by atoms with Gasteiger partial charge in [0.25, 0.3) is 5.56 Å². The number of nitrogens with zero attached hydrogens (tertiary/aromatic N) is 4. The molecule has 3 N–H and O–H groups in total. The van der Waals surface area contributed by atoms with Crippen molar-refractivity contribution in [2.75, 3.05) is 5.84 Å². The molecular weight excluding hydrogens is 428 g/mol. The van der Waals surface area contributed by atoms with Gasteiger partial charge in [-0.25, -0.2) is 9.66 Å². The molecule has 5 aromatic rings. The number of fused-ring (bicyclic) bond motifs is 1. The van der Waals surface area contributed by atoms with E-state index in [1.165, 1.54) is 27.8 Å². The van der Waals surface area contributed by atoms with Crippen molar-refractivity contribution in [3.63, 3.8) is 0 Å². The largest absolute Gasteiger partial charge is 0.335 e. The van der Waals surface area contributed by atoms with Crippen LogP contribution in [0.25, 0.3) is 32.7 Å². The fraction of sp³-hybridized carbons (Fsp3) is 0.0909. The molecule has 3 heterocycles. The molecule has 0 saturated heterocycles. The number of benzene rings is 2. The first kappa shape index (κ1) is 19.5. The average Bonchev–Trinajstić information content (AvgIpc) is 3.37. The van der Waals surface area contributed by atoms with Crippen LogP contribution in [-0.4, -0.2) is 24.8 Å². The van der Waals surface area contributed by atoms with Crippen molar-refractivity contribution in [2.24, 2.45) is 0 Å². The van der Waals surface area contributed by atoms with Crippen LogP contribution in [0.1, 0.15) is 11.4 Å². The Balaban J connectivity index is 1.40. The lowest BCUT2D eigenvalue weighted by Gasteiger charge is -2.04. The van der Waals surface area contributed by atoms with Crippen LogP contribution in [-0.2, 0) is 5.75 Å². The monoisotopic (exact) mass is 446 g/mol. The second kappa shape index (κ2) is 8.01. The van der Waals surface area contributed by atoms with E-state index in [1.807, 2.05) is 66.9 Å². The Bertz CT molecular complexity index is 1420. The maximum Gasteiger partial charge on any atom is 0.260 e. The number of aromatic nitrogens is 5. The van der Waals surface area contributed by atoms with Gasteiger partial charge in [0.1, 0.15) is 10.7 Å². The van der Waals surface area contributed by atoms with Gasteiger partial charge in [0.05, 0.1) is 11.1 Å². The minimum absolute atomic E-state index is 0.143. The molecule has 0 unspecified atom stereocenters. The summed E-state index contributed by atoms with van der Waals surface area (Å²) in [5, 5.41) is 11.5. The lowest BCUT2D eigenvalue weighted by atomic mass is 10.1. The Morgan fingerprint density at radius 1 is 1.06 bits per heavy atom. The van der Waals surface area contributed by atoms with Crippen LogP contribution in [0.5, 0.6) is 0 Å². The third-order valence-corrected chi connectivity index (χ3v) is 6.72. The lowest BCUT2D eigenvalue weighted by Crippen LogP contribution is -2.13. The topological polar surface area (TPSA) is 102 Å². The average molecular weight is 447 g/mol. The summed E-state index contributed by atoms with van der Waals surface area (Å²) in [6, 6.07) is 17.8. The predicted octanol–water partition coefficient (Wildman–Crippen LogP) is 4.22. The van der Waals surface area contributed by atoms with E-state index in [9.17, 15) is 4.79 Å². The number of nitrogens with one attached hydrogen (secondary N) is 1. The van der Waals surface area contributed by atoms with Crippen LogP contribution >= 0.6 is 23.1 Å². The van der Waals surface area contributed by atoms with Gasteiger partial charge in [0, 0.05) is 16.5 Å². The van der Waals surface area contributed by atoms with E-state index < -0.39 is 0 Å². The summed E-state index contributed by atoms with van der Waals surface area (Å²) in [6.07, 6.45) is 0. The molecule has 0 radical (unpaired) electrons. The minimum atomic E-state index is -0.143. The van der Waals surface area contributed by atoms with Gasteiger partial charge in [0.15, 0.2) is 5.82 Å². The molecule has 0 spiro atoms. The number of nitrogens with two attached hydrogens (primary N) is 1. The SMILES string of the molecule is Cc1ccc(-c2nnc(SCc3nc4scc(-c5ccccc5)c4c(=O)[nH]3)n2N)cc1. The third-order valence-electron chi connectivity index (χ3n) is 4.89. The number of thioether (sulfide) groups is 1. The summed E-state index contributed by atoms with van der Waals surface area (Å²) >= 11 is 2.84. The summed E-state index contributed by atoms with van der Waals surface area (Å²) in [4.78, 5) is 21.1. The summed E-state index contributed by atoms with van der Waals surface area (Å²) in [5.41, 5.74) is 3.82. The molecule has 0 atom stereocenters. The Hall–Kier alpha value is -3.43. The number of aromatic amines is 1. The highest BCUT2D eigenvalue weighted by atomic mass is 32.2. The van der Waals surface area contributed by atoms with E-state index in [0.29, 0.717) is 32.8 Å². The number of nitrogen functional groups attached to an aromatic ring is 1. The van der Waals surface area contributed by atoms with Gasteiger partial charge < -0.3 is 10.8 Å². The first-order valence-electron chi connectivity index (χ1n) is 9.56. The number of rotatable bonds is 5. The van der Waals surface area contributed by atoms with Crippen LogP contribution in [0.4, 0.5) is 0 Å². The minimum Gasteiger partial charge on any atom is -0.335 e. The van der Waals surface area contributed by atoms with Crippen LogP contribution in [0.15, 0.2) is 69.9 Å². The van der Waals surface area contributed by atoms with Crippen LogP contribution in [0, 0.1) is 6.92 Å². The molecule has 0 amide bonds. The predicted molar refractivity (Wildman–Crippen MR) is 126 cm³/mol. The maximum absolute atomic E-state index is 12.8. The zero-order valence-corrected chi connectivity index (χ0v) is 18.2. The fourth-order valence-corrected chi connectivity index (χ4v) is 4.99. The van der Waals surface area contributed by atoms with Crippen molar-refractivity contribution in [1.29, 1.82) is 0 Å². The number of hydrogen-bond donors (Lipinski definition) is 2. The maximum atomic E-state index is 12.8. The summed E-state index contributed by atoms with van der Waals surface area (Å²) in [6.45, 7) is 2.03. The van der Waals surface area contributed by atoms with E-state index in [2.05, 4.69) is 20.2 Å². The van der Waals surface area contributed by atoms with Crippen molar-refractivity contribution < 1.29 is 0 Å². The summed E-state index contributed by atoms with van der Waals surface area (Å²) in [5.74, 6) is 7.79. The van der Waals surface area contributed by atoms with E-state index in [1.54, 1.807) is 0 Å². The fourth-order valence-electron chi connectivity index (χ4n) is 3.30. The Morgan fingerprint density at radius 3 is 2.61 bits per heavy atom. The number of hydrogen-bond acceptors (Lipinski definition) is 7. The molecule has 0 bridgehead atoms. The van der Waals surface area contributed by atoms with Crippen molar-refractivity contribution in [3.05, 3.63) is 81.7 Å². The van der Waals surface area contributed by atoms with Gasteiger partial charge >= 0.3 is 0 Å². The molecule has 0 aliphatic rings. The third kappa shape index (κ3) is 3.73. The number of aryl methyl sites for hydroxylation is 1. The second-order valence-corrected chi connectivity index (χ2v) is 8.84. The molecule has 3 aromatic heterocycles. The number of H-pyrrole nitrogens is 1. The van der Waals surface area contributed by atoms with E-state index in [0.717, 1.165) is 22.3 Å². The van der Waals surface area contributed by atoms with Crippen LogP contribution in [0.2, 0.25) is 0 Å². The zero-order valence-electron chi connectivity index (χ0n) is 16.6. The standard InChI is InChI=1S/C22H18N6OS2/c1-13-7-9-15(10-8-13)19-26-27-22(28(19)23)31-12-17-24-20(29)18-16(11-30-21(18)25-17)14-5-3-2-4-6-14/h2-11H,12,23H2,1H3,(H,24,25,29). The van der Waals surface area contributed by atoms with Crippen molar-refractivity contribution in [1.82, 2.24) is 24.8 Å². The van der Waals surface area contributed by atoms with E-state index in [-0.39, 0.29) is 5.56 Å².